The largest absolute Gasteiger partial charge is 0.322 e. The minimum atomic E-state index is -0.213. The van der Waals surface area contributed by atoms with Crippen LogP contribution in [0.2, 0.25) is 0 Å². The van der Waals surface area contributed by atoms with Crippen LogP contribution in [0, 0.1) is 0 Å². The predicted octanol–water partition coefficient (Wildman–Crippen LogP) is 4.95. The normalized spacial score (nSPS) is 11.1. The number of thiazole rings is 1. The van der Waals surface area contributed by atoms with Crippen molar-refractivity contribution in [1.82, 2.24) is 4.98 Å². The Morgan fingerprint density at radius 3 is 2.11 bits per heavy atom. The molecule has 0 saturated carbocycles. The third-order valence-corrected chi connectivity index (χ3v) is 5.21. The number of nitrogens with one attached hydrogen (secondary N) is 2. The minimum absolute atomic E-state index is 0.0924. The fourth-order valence-corrected chi connectivity index (χ4v) is 3.26. The van der Waals surface area contributed by atoms with Gasteiger partial charge in [-0.15, -0.1) is 11.3 Å². The molecule has 1 heterocycles. The second-order valence-corrected chi connectivity index (χ2v) is 8.17. The lowest BCUT2D eigenvalue weighted by molar-refractivity contribution is 0.102. The molecule has 5 nitrogen and oxygen atoms in total. The van der Waals surface area contributed by atoms with Crippen molar-refractivity contribution in [2.24, 2.45) is 0 Å². The molecule has 0 atom stereocenters. The number of amides is 2. The van der Waals surface area contributed by atoms with Gasteiger partial charge >= 0.3 is 0 Å². The predicted molar refractivity (Wildman–Crippen MR) is 110 cm³/mol. The summed E-state index contributed by atoms with van der Waals surface area (Å²) in [6.45, 7) is 6.19. The molecule has 0 unspecified atom stereocenters. The van der Waals surface area contributed by atoms with E-state index in [2.05, 4.69) is 36.4 Å². The zero-order chi connectivity index (χ0) is 19.4. The van der Waals surface area contributed by atoms with Gasteiger partial charge in [-0.05, 0) is 30.3 Å². The summed E-state index contributed by atoms with van der Waals surface area (Å²) in [4.78, 5) is 29.6. The summed E-state index contributed by atoms with van der Waals surface area (Å²) in [7, 11) is 0. The molecule has 27 heavy (non-hydrogen) atoms. The van der Waals surface area contributed by atoms with E-state index >= 15 is 0 Å². The molecule has 0 bridgehead atoms. The Balaban J connectivity index is 1.69. The summed E-state index contributed by atoms with van der Waals surface area (Å²) in [5, 5.41) is 6.61. The number of aromatic nitrogens is 1. The molecule has 1 aromatic heterocycles. The van der Waals surface area contributed by atoms with Crippen LogP contribution in [0.25, 0.3) is 0 Å². The summed E-state index contributed by atoms with van der Waals surface area (Å²) >= 11 is 1.39. The number of nitrogens with zero attached hydrogens (tertiary/aromatic N) is 1. The van der Waals surface area contributed by atoms with E-state index in [4.69, 9.17) is 0 Å². The van der Waals surface area contributed by atoms with Gasteiger partial charge in [-0.1, -0.05) is 45.0 Å². The van der Waals surface area contributed by atoms with Gasteiger partial charge in [0.05, 0.1) is 11.2 Å². The van der Waals surface area contributed by atoms with Gasteiger partial charge in [-0.3, -0.25) is 9.59 Å². The Hall–Kier alpha value is -2.99. The number of carbonyl (C=O) groups is 2. The molecule has 0 aliphatic carbocycles. The smallest absolute Gasteiger partial charge is 0.267 e. The van der Waals surface area contributed by atoms with Gasteiger partial charge in [-0.25, -0.2) is 4.98 Å². The van der Waals surface area contributed by atoms with Gasteiger partial charge in [0.15, 0.2) is 0 Å². The van der Waals surface area contributed by atoms with Gasteiger partial charge < -0.3 is 10.6 Å². The maximum Gasteiger partial charge on any atom is 0.267 e. The third kappa shape index (κ3) is 4.80. The highest BCUT2D eigenvalue weighted by Gasteiger charge is 2.20. The van der Waals surface area contributed by atoms with Crippen LogP contribution in [-0.4, -0.2) is 16.8 Å². The average Bonchev–Trinajstić information content (AvgIpc) is 3.13. The molecule has 0 saturated heterocycles. The molecule has 2 amide bonds. The molecule has 3 aromatic rings. The summed E-state index contributed by atoms with van der Waals surface area (Å²) in [6, 6.07) is 16.0. The monoisotopic (exact) mass is 379 g/mol. The molecule has 0 aliphatic rings. The number of rotatable bonds is 4. The second kappa shape index (κ2) is 7.72. The molecule has 0 fully saturated rings. The maximum absolute atomic E-state index is 12.5. The first-order valence-corrected chi connectivity index (χ1v) is 9.39. The summed E-state index contributed by atoms with van der Waals surface area (Å²) in [5.74, 6) is -0.411. The Morgan fingerprint density at radius 1 is 0.889 bits per heavy atom. The van der Waals surface area contributed by atoms with Crippen molar-refractivity contribution >= 4 is 34.5 Å². The summed E-state index contributed by atoms with van der Waals surface area (Å²) in [5.41, 5.74) is 1.70. The third-order valence-electron chi connectivity index (χ3n) is 3.79. The van der Waals surface area contributed by atoms with Crippen molar-refractivity contribution in [3.63, 3.8) is 0 Å². The van der Waals surface area contributed by atoms with Crippen LogP contribution in [0.4, 0.5) is 11.4 Å². The van der Waals surface area contributed by atoms with Crippen molar-refractivity contribution in [1.29, 1.82) is 0 Å². The molecule has 0 aliphatic heterocycles. The summed E-state index contributed by atoms with van der Waals surface area (Å²) in [6.07, 6.45) is 1.60. The van der Waals surface area contributed by atoms with Crippen molar-refractivity contribution in [2.75, 3.05) is 10.6 Å². The molecule has 2 N–H and O–H groups in total. The molecular weight excluding hydrogens is 358 g/mol. The first kappa shape index (κ1) is 18.8. The van der Waals surface area contributed by atoms with Crippen LogP contribution >= 0.6 is 11.3 Å². The molecule has 0 radical (unpaired) electrons. The van der Waals surface area contributed by atoms with E-state index in [1.54, 1.807) is 42.6 Å². The van der Waals surface area contributed by atoms with Crippen LogP contribution in [0.1, 0.15) is 45.8 Å². The van der Waals surface area contributed by atoms with E-state index in [9.17, 15) is 9.59 Å². The summed E-state index contributed by atoms with van der Waals surface area (Å²) < 4.78 is 0. The van der Waals surface area contributed by atoms with Crippen molar-refractivity contribution in [2.45, 2.75) is 26.2 Å². The molecule has 3 rings (SSSR count). The molecule has 6 heteroatoms. The second-order valence-electron chi connectivity index (χ2n) is 7.13. The van der Waals surface area contributed by atoms with Crippen molar-refractivity contribution in [3.05, 3.63) is 76.2 Å². The lowest BCUT2D eigenvalue weighted by Gasteiger charge is -2.13. The van der Waals surface area contributed by atoms with E-state index in [-0.39, 0.29) is 17.2 Å². The van der Waals surface area contributed by atoms with Crippen LogP contribution < -0.4 is 10.6 Å². The number of anilines is 2. The van der Waals surface area contributed by atoms with Gasteiger partial charge in [0.1, 0.15) is 4.88 Å². The Kier molecular flexibility index (Phi) is 5.37. The number of hydrogen-bond acceptors (Lipinski definition) is 4. The molecule has 138 valence electrons. The van der Waals surface area contributed by atoms with Crippen molar-refractivity contribution in [3.8, 4) is 0 Å². The van der Waals surface area contributed by atoms with Gasteiger partial charge in [0, 0.05) is 22.4 Å². The van der Waals surface area contributed by atoms with Gasteiger partial charge in [-0.2, -0.15) is 0 Å². The van der Waals surface area contributed by atoms with Crippen LogP contribution in [-0.2, 0) is 5.41 Å². The maximum atomic E-state index is 12.5. The van der Waals surface area contributed by atoms with E-state index in [0.29, 0.717) is 21.8 Å². The van der Waals surface area contributed by atoms with Gasteiger partial charge in [0.25, 0.3) is 11.8 Å². The van der Waals surface area contributed by atoms with Crippen LogP contribution in [0.5, 0.6) is 0 Å². The average molecular weight is 379 g/mol. The zero-order valence-corrected chi connectivity index (χ0v) is 16.3. The SMILES string of the molecule is CC(C)(C)c1ncc(C(=O)Nc2cccc(NC(=O)c3ccccc3)c2)s1. The lowest BCUT2D eigenvalue weighted by atomic mass is 9.98. The fraction of sp³-hybridized carbons (Fsp3) is 0.190. The highest BCUT2D eigenvalue weighted by Crippen LogP contribution is 2.27. The molecule has 0 spiro atoms. The topological polar surface area (TPSA) is 71.1 Å². The lowest BCUT2D eigenvalue weighted by Crippen LogP contribution is -2.13. The first-order chi connectivity index (χ1) is 12.8. The fourth-order valence-electron chi connectivity index (χ4n) is 2.39. The van der Waals surface area contributed by atoms with E-state index in [1.165, 1.54) is 11.3 Å². The number of carbonyl (C=O) groups excluding carboxylic acids is 2. The highest BCUT2D eigenvalue weighted by atomic mass is 32.1. The minimum Gasteiger partial charge on any atom is -0.322 e. The Morgan fingerprint density at radius 2 is 1.52 bits per heavy atom. The molecular formula is C21H21N3O2S. The van der Waals surface area contributed by atoms with E-state index < -0.39 is 0 Å². The van der Waals surface area contributed by atoms with E-state index in [1.807, 2.05) is 18.2 Å². The number of hydrogen-bond donors (Lipinski definition) is 2. The standard InChI is InChI=1S/C21H21N3O2S/c1-21(2,3)20-22-13-17(27-20)19(26)24-16-11-7-10-15(12-16)23-18(25)14-8-5-4-6-9-14/h4-13H,1-3H3,(H,23,25)(H,24,26). The van der Waals surface area contributed by atoms with Gasteiger partial charge in [0.2, 0.25) is 0 Å². The molecule has 2 aromatic carbocycles. The zero-order valence-electron chi connectivity index (χ0n) is 15.4. The Bertz CT molecular complexity index is 959. The van der Waals surface area contributed by atoms with Crippen molar-refractivity contribution < 1.29 is 9.59 Å². The highest BCUT2D eigenvalue weighted by molar-refractivity contribution is 7.13. The van der Waals surface area contributed by atoms with Crippen LogP contribution in [0.3, 0.4) is 0 Å². The van der Waals surface area contributed by atoms with E-state index in [0.717, 1.165) is 5.01 Å². The quantitative estimate of drug-likeness (QED) is 0.674. The first-order valence-electron chi connectivity index (χ1n) is 8.57. The number of benzene rings is 2. The Labute approximate surface area is 162 Å². The van der Waals surface area contributed by atoms with Crippen LogP contribution in [0.15, 0.2) is 60.8 Å².